The van der Waals surface area contributed by atoms with Gasteiger partial charge in [0, 0.05) is 13.1 Å². The van der Waals surface area contributed by atoms with E-state index < -0.39 is 6.09 Å². The van der Waals surface area contributed by atoms with Crippen LogP contribution < -0.4 is 15.8 Å². The van der Waals surface area contributed by atoms with Gasteiger partial charge in [-0.1, -0.05) is 12.1 Å². The summed E-state index contributed by atoms with van der Waals surface area (Å²) in [5.41, 5.74) is 6.11. The zero-order valence-electron chi connectivity index (χ0n) is 9.23. The minimum atomic E-state index is -0.465. The molecule has 0 aliphatic rings. The second-order valence-electron chi connectivity index (χ2n) is 3.14. The van der Waals surface area contributed by atoms with Gasteiger partial charge in [0.15, 0.2) is 0 Å². The highest BCUT2D eigenvalue weighted by Gasteiger charge is 2.01. The van der Waals surface area contributed by atoms with Gasteiger partial charge in [0.25, 0.3) is 0 Å². The van der Waals surface area contributed by atoms with Gasteiger partial charge in [-0.25, -0.2) is 4.79 Å². The van der Waals surface area contributed by atoms with Crippen LogP contribution in [-0.4, -0.2) is 26.3 Å². The third-order valence-electron chi connectivity index (χ3n) is 1.92. The summed E-state index contributed by atoms with van der Waals surface area (Å²) in [6, 6.07) is 7.35. The van der Waals surface area contributed by atoms with Crippen LogP contribution in [0.4, 0.5) is 4.79 Å². The van der Waals surface area contributed by atoms with E-state index in [1.807, 2.05) is 24.3 Å². The second-order valence-corrected chi connectivity index (χ2v) is 3.14. The van der Waals surface area contributed by atoms with Crippen LogP contribution in [0.25, 0.3) is 0 Å². The smallest absolute Gasteiger partial charge is 0.407 e. The molecular formula is C11H16N2O3. The van der Waals surface area contributed by atoms with Crippen molar-refractivity contribution in [3.63, 3.8) is 0 Å². The van der Waals surface area contributed by atoms with Crippen LogP contribution >= 0.6 is 0 Å². The Balaban J connectivity index is 2.38. The lowest BCUT2D eigenvalue weighted by atomic mass is 10.2. The summed E-state index contributed by atoms with van der Waals surface area (Å²) in [6.45, 7) is 1.03. The van der Waals surface area contributed by atoms with Crippen molar-refractivity contribution in [3.8, 4) is 5.75 Å². The van der Waals surface area contributed by atoms with Gasteiger partial charge in [-0.05, 0) is 17.7 Å². The van der Waals surface area contributed by atoms with Crippen molar-refractivity contribution in [2.24, 2.45) is 5.73 Å². The van der Waals surface area contributed by atoms with Crippen LogP contribution in [0.3, 0.4) is 0 Å². The Kier molecular flexibility index (Phi) is 5.15. The SMILES string of the molecule is COc1cccc(COC(=O)NCCN)c1. The fraction of sp³-hybridized carbons (Fsp3) is 0.364. The van der Waals surface area contributed by atoms with Crippen LogP contribution in [0, 0.1) is 0 Å². The molecule has 5 heteroatoms. The first kappa shape index (κ1) is 12.3. The fourth-order valence-electron chi connectivity index (χ4n) is 1.14. The molecule has 16 heavy (non-hydrogen) atoms. The van der Waals surface area contributed by atoms with Gasteiger partial charge >= 0.3 is 6.09 Å². The Labute approximate surface area is 94.5 Å². The van der Waals surface area contributed by atoms with Gasteiger partial charge in [-0.2, -0.15) is 0 Å². The number of alkyl carbamates (subject to hydrolysis) is 1. The molecule has 88 valence electrons. The normalized spacial score (nSPS) is 9.62. The molecule has 0 atom stereocenters. The van der Waals surface area contributed by atoms with E-state index in [9.17, 15) is 4.79 Å². The molecule has 1 amide bonds. The summed E-state index contributed by atoms with van der Waals surface area (Å²) in [5, 5.41) is 2.51. The largest absolute Gasteiger partial charge is 0.497 e. The highest BCUT2D eigenvalue weighted by molar-refractivity contribution is 5.67. The van der Waals surface area contributed by atoms with Crippen molar-refractivity contribution in [2.45, 2.75) is 6.61 Å². The average molecular weight is 224 g/mol. The number of hydrogen-bond donors (Lipinski definition) is 2. The van der Waals surface area contributed by atoms with Crippen LogP contribution in [-0.2, 0) is 11.3 Å². The van der Waals surface area contributed by atoms with E-state index in [2.05, 4.69) is 5.32 Å². The van der Waals surface area contributed by atoms with Crippen molar-refractivity contribution in [3.05, 3.63) is 29.8 Å². The first-order chi connectivity index (χ1) is 7.76. The van der Waals surface area contributed by atoms with Gasteiger partial charge < -0.3 is 20.5 Å². The molecule has 0 radical (unpaired) electrons. The van der Waals surface area contributed by atoms with Gasteiger partial charge in [0.05, 0.1) is 7.11 Å². The molecule has 0 unspecified atom stereocenters. The number of carbonyl (C=O) groups excluding carboxylic acids is 1. The van der Waals surface area contributed by atoms with Crippen LogP contribution in [0.2, 0.25) is 0 Å². The topological polar surface area (TPSA) is 73.6 Å². The third-order valence-corrected chi connectivity index (χ3v) is 1.92. The lowest BCUT2D eigenvalue weighted by Crippen LogP contribution is -2.29. The molecule has 1 rings (SSSR count). The van der Waals surface area contributed by atoms with Gasteiger partial charge in [-0.3, -0.25) is 0 Å². The summed E-state index contributed by atoms with van der Waals surface area (Å²) < 4.78 is 10.0. The van der Waals surface area contributed by atoms with Gasteiger partial charge in [0.2, 0.25) is 0 Å². The Morgan fingerprint density at radius 3 is 3.00 bits per heavy atom. The van der Waals surface area contributed by atoms with Crippen LogP contribution in [0.15, 0.2) is 24.3 Å². The number of amides is 1. The molecule has 0 spiro atoms. The van der Waals surface area contributed by atoms with E-state index in [0.29, 0.717) is 13.1 Å². The number of methoxy groups -OCH3 is 1. The quantitative estimate of drug-likeness (QED) is 0.778. The molecule has 0 saturated carbocycles. The fourth-order valence-corrected chi connectivity index (χ4v) is 1.14. The molecular weight excluding hydrogens is 208 g/mol. The highest BCUT2D eigenvalue weighted by Crippen LogP contribution is 2.13. The van der Waals surface area contributed by atoms with Crippen molar-refractivity contribution in [1.29, 1.82) is 0 Å². The van der Waals surface area contributed by atoms with E-state index in [-0.39, 0.29) is 6.61 Å². The van der Waals surface area contributed by atoms with E-state index in [4.69, 9.17) is 15.2 Å². The number of rotatable bonds is 5. The van der Waals surface area contributed by atoms with Crippen LogP contribution in [0.1, 0.15) is 5.56 Å². The first-order valence-corrected chi connectivity index (χ1v) is 5.00. The molecule has 0 fully saturated rings. The standard InChI is InChI=1S/C11H16N2O3/c1-15-10-4-2-3-9(7-10)8-16-11(14)13-6-5-12/h2-4,7H,5-6,8,12H2,1H3,(H,13,14). The maximum Gasteiger partial charge on any atom is 0.407 e. The second kappa shape index (κ2) is 6.68. The predicted molar refractivity (Wildman–Crippen MR) is 60.2 cm³/mol. The summed E-state index contributed by atoms with van der Waals surface area (Å²) in [7, 11) is 1.59. The molecule has 5 nitrogen and oxygen atoms in total. The Morgan fingerprint density at radius 1 is 1.50 bits per heavy atom. The molecule has 0 aromatic heterocycles. The average Bonchev–Trinajstić information content (AvgIpc) is 2.34. The maximum atomic E-state index is 11.1. The van der Waals surface area contributed by atoms with Crippen molar-refractivity contribution in [2.75, 3.05) is 20.2 Å². The van der Waals surface area contributed by atoms with Gasteiger partial charge in [0.1, 0.15) is 12.4 Å². The van der Waals surface area contributed by atoms with Gasteiger partial charge in [-0.15, -0.1) is 0 Å². The number of ether oxygens (including phenoxy) is 2. The lowest BCUT2D eigenvalue weighted by Gasteiger charge is -2.07. The molecule has 0 bridgehead atoms. The molecule has 0 aliphatic heterocycles. The van der Waals surface area contributed by atoms with Crippen molar-refractivity contribution < 1.29 is 14.3 Å². The third kappa shape index (κ3) is 4.18. The summed E-state index contributed by atoms with van der Waals surface area (Å²) in [4.78, 5) is 11.1. The summed E-state index contributed by atoms with van der Waals surface area (Å²) in [6.07, 6.45) is -0.465. The van der Waals surface area contributed by atoms with Crippen molar-refractivity contribution >= 4 is 6.09 Å². The van der Waals surface area contributed by atoms with E-state index in [0.717, 1.165) is 11.3 Å². The number of hydrogen-bond acceptors (Lipinski definition) is 4. The molecule has 0 heterocycles. The lowest BCUT2D eigenvalue weighted by molar-refractivity contribution is 0.140. The zero-order chi connectivity index (χ0) is 11.8. The molecule has 0 aliphatic carbocycles. The summed E-state index contributed by atoms with van der Waals surface area (Å²) in [5.74, 6) is 0.739. The van der Waals surface area contributed by atoms with E-state index in [1.165, 1.54) is 0 Å². The molecule has 1 aromatic rings. The molecule has 1 aromatic carbocycles. The van der Waals surface area contributed by atoms with E-state index >= 15 is 0 Å². The minimum absolute atomic E-state index is 0.216. The number of carbonyl (C=O) groups is 1. The van der Waals surface area contributed by atoms with E-state index in [1.54, 1.807) is 7.11 Å². The zero-order valence-corrected chi connectivity index (χ0v) is 9.23. The number of nitrogens with two attached hydrogens (primary N) is 1. The predicted octanol–water partition coefficient (Wildman–Crippen LogP) is 0.880. The Hall–Kier alpha value is -1.75. The maximum absolute atomic E-state index is 11.1. The Bertz CT molecular complexity index is 342. The number of nitrogens with one attached hydrogen (secondary N) is 1. The van der Waals surface area contributed by atoms with Crippen molar-refractivity contribution in [1.82, 2.24) is 5.32 Å². The monoisotopic (exact) mass is 224 g/mol. The minimum Gasteiger partial charge on any atom is -0.497 e. The highest BCUT2D eigenvalue weighted by atomic mass is 16.5. The molecule has 0 saturated heterocycles. The number of benzene rings is 1. The first-order valence-electron chi connectivity index (χ1n) is 5.00. The Morgan fingerprint density at radius 2 is 2.31 bits per heavy atom. The summed E-state index contributed by atoms with van der Waals surface area (Å²) >= 11 is 0. The molecule has 3 N–H and O–H groups in total. The van der Waals surface area contributed by atoms with Crippen LogP contribution in [0.5, 0.6) is 5.75 Å².